The number of alkyl carbamates (subject to hydrolysis) is 1. The number of nitrogens with one attached hydrogen (secondary N) is 1. The zero-order chi connectivity index (χ0) is 21.6. The largest absolute Gasteiger partial charge is 0.507 e. The number of aromatic hydroxyl groups is 1. The van der Waals surface area contributed by atoms with Crippen LogP contribution < -0.4 is 5.32 Å². The predicted octanol–water partition coefficient (Wildman–Crippen LogP) is 5.15. The van der Waals surface area contributed by atoms with E-state index < -0.39 is 6.09 Å². The first kappa shape index (κ1) is 20.4. The van der Waals surface area contributed by atoms with Crippen LogP contribution in [0.4, 0.5) is 4.79 Å². The van der Waals surface area contributed by atoms with Gasteiger partial charge in [-0.1, -0.05) is 66.7 Å². The molecule has 1 aliphatic rings. The van der Waals surface area contributed by atoms with E-state index in [2.05, 4.69) is 29.6 Å². The van der Waals surface area contributed by atoms with Gasteiger partial charge in [0.05, 0.1) is 5.56 Å². The van der Waals surface area contributed by atoms with E-state index in [4.69, 9.17) is 4.74 Å². The number of carbonyl (C=O) groups is 2. The molecule has 0 unspecified atom stereocenters. The summed E-state index contributed by atoms with van der Waals surface area (Å²) in [7, 11) is 0. The van der Waals surface area contributed by atoms with Crippen molar-refractivity contribution in [3.63, 3.8) is 0 Å². The van der Waals surface area contributed by atoms with Crippen LogP contribution in [0.1, 0.15) is 39.4 Å². The van der Waals surface area contributed by atoms with E-state index in [0.29, 0.717) is 19.3 Å². The molecule has 0 radical (unpaired) electrons. The number of rotatable bonds is 7. The topological polar surface area (TPSA) is 75.6 Å². The first-order valence-electron chi connectivity index (χ1n) is 10.2. The van der Waals surface area contributed by atoms with Crippen LogP contribution in [0.5, 0.6) is 5.75 Å². The van der Waals surface area contributed by atoms with Crippen molar-refractivity contribution >= 4 is 18.5 Å². The van der Waals surface area contributed by atoms with Gasteiger partial charge in [0.1, 0.15) is 12.4 Å². The Labute approximate surface area is 181 Å². The average molecular weight is 413 g/mol. The summed E-state index contributed by atoms with van der Waals surface area (Å²) in [6, 6.07) is 21.3. The van der Waals surface area contributed by atoms with Crippen molar-refractivity contribution in [3.05, 3.63) is 95.1 Å². The van der Waals surface area contributed by atoms with Gasteiger partial charge in [-0.05, 0) is 46.4 Å². The van der Waals surface area contributed by atoms with E-state index >= 15 is 0 Å². The van der Waals surface area contributed by atoms with E-state index in [0.717, 1.165) is 5.56 Å². The van der Waals surface area contributed by atoms with Gasteiger partial charge in [0.15, 0.2) is 6.29 Å². The van der Waals surface area contributed by atoms with E-state index in [1.54, 1.807) is 12.1 Å². The monoisotopic (exact) mass is 413 g/mol. The number of phenolic OH excluding ortho intramolecular Hbond substituents is 1. The highest BCUT2D eigenvalue weighted by molar-refractivity contribution is 5.81. The SMILES string of the molecule is O=Cc1cc(C=CCCNC(=O)OCC2c3ccccc3-c3ccccc32)ccc1O. The van der Waals surface area contributed by atoms with Crippen molar-refractivity contribution < 1.29 is 19.4 Å². The smallest absolute Gasteiger partial charge is 0.407 e. The fourth-order valence-electron chi connectivity index (χ4n) is 3.90. The second-order valence-electron chi connectivity index (χ2n) is 7.38. The zero-order valence-electron chi connectivity index (χ0n) is 17.0. The van der Waals surface area contributed by atoms with Crippen molar-refractivity contribution in [1.29, 1.82) is 0 Å². The van der Waals surface area contributed by atoms with Gasteiger partial charge in [-0.25, -0.2) is 4.79 Å². The standard InChI is InChI=1S/C26H23NO4/c28-16-19-15-18(12-13-25(19)29)7-5-6-14-27-26(30)31-17-24-22-10-3-1-8-20(22)21-9-2-4-11-23(21)24/h1-5,7-13,15-16,24,29H,6,14,17H2,(H,27,30). The Morgan fingerprint density at radius 2 is 1.68 bits per heavy atom. The van der Waals surface area contributed by atoms with Crippen LogP contribution in [-0.2, 0) is 4.74 Å². The second kappa shape index (κ2) is 9.30. The number of phenols is 1. The fraction of sp³-hybridized carbons (Fsp3) is 0.154. The van der Waals surface area contributed by atoms with Crippen LogP contribution in [0, 0.1) is 0 Å². The minimum absolute atomic E-state index is 0.0379. The minimum atomic E-state index is -0.442. The number of hydrogen-bond acceptors (Lipinski definition) is 4. The molecule has 2 N–H and O–H groups in total. The van der Waals surface area contributed by atoms with Gasteiger partial charge in [0.25, 0.3) is 0 Å². The molecule has 0 saturated carbocycles. The van der Waals surface area contributed by atoms with Crippen LogP contribution in [-0.4, -0.2) is 30.6 Å². The summed E-state index contributed by atoms with van der Waals surface area (Å²) >= 11 is 0. The first-order valence-corrected chi connectivity index (χ1v) is 10.2. The molecule has 0 spiro atoms. The van der Waals surface area contributed by atoms with Crippen LogP contribution in [0.25, 0.3) is 17.2 Å². The molecule has 0 atom stereocenters. The Morgan fingerprint density at radius 1 is 1.00 bits per heavy atom. The number of fused-ring (bicyclic) bond motifs is 3. The Bertz CT molecular complexity index is 1090. The Kier molecular flexibility index (Phi) is 6.13. The fourth-order valence-corrected chi connectivity index (χ4v) is 3.90. The van der Waals surface area contributed by atoms with Crippen molar-refractivity contribution in [2.45, 2.75) is 12.3 Å². The summed E-state index contributed by atoms with van der Waals surface area (Å²) in [5, 5.41) is 12.3. The highest BCUT2D eigenvalue weighted by atomic mass is 16.5. The molecule has 0 fully saturated rings. The lowest BCUT2D eigenvalue weighted by atomic mass is 9.98. The third kappa shape index (κ3) is 4.51. The molecule has 1 amide bonds. The van der Waals surface area contributed by atoms with Crippen LogP contribution >= 0.6 is 0 Å². The first-order chi connectivity index (χ1) is 15.2. The summed E-state index contributed by atoms with van der Waals surface area (Å²) in [5.41, 5.74) is 5.82. The molecule has 3 aromatic carbocycles. The van der Waals surface area contributed by atoms with Gasteiger partial charge in [0, 0.05) is 12.5 Å². The number of benzene rings is 3. The summed E-state index contributed by atoms with van der Waals surface area (Å²) in [6.45, 7) is 0.726. The molecule has 0 aromatic heterocycles. The van der Waals surface area contributed by atoms with Gasteiger partial charge in [0.2, 0.25) is 0 Å². The molecular weight excluding hydrogens is 390 g/mol. The Balaban J connectivity index is 1.27. The lowest BCUT2D eigenvalue weighted by Gasteiger charge is -2.14. The number of ether oxygens (including phenoxy) is 1. The molecule has 4 rings (SSSR count). The molecular formula is C26H23NO4. The molecule has 0 bridgehead atoms. The quantitative estimate of drug-likeness (QED) is 0.415. The molecule has 5 nitrogen and oxygen atoms in total. The number of amides is 1. The Hall–Kier alpha value is -3.86. The van der Waals surface area contributed by atoms with E-state index in [1.807, 2.05) is 36.4 Å². The maximum Gasteiger partial charge on any atom is 0.407 e. The highest BCUT2D eigenvalue weighted by Gasteiger charge is 2.28. The maximum absolute atomic E-state index is 12.2. The third-order valence-electron chi connectivity index (χ3n) is 5.41. The molecule has 3 aromatic rings. The average Bonchev–Trinajstić information content (AvgIpc) is 3.12. The molecule has 156 valence electrons. The maximum atomic E-state index is 12.2. The van der Waals surface area contributed by atoms with E-state index in [-0.39, 0.29) is 23.8 Å². The van der Waals surface area contributed by atoms with Crippen molar-refractivity contribution in [2.75, 3.05) is 13.2 Å². The van der Waals surface area contributed by atoms with Crippen LogP contribution in [0.15, 0.2) is 72.8 Å². The van der Waals surface area contributed by atoms with Gasteiger partial charge in [-0.2, -0.15) is 0 Å². The lowest BCUT2D eigenvalue weighted by molar-refractivity contribution is 0.112. The van der Waals surface area contributed by atoms with Gasteiger partial charge in [-0.3, -0.25) is 4.79 Å². The molecule has 0 heterocycles. The lowest BCUT2D eigenvalue weighted by Crippen LogP contribution is -2.26. The van der Waals surface area contributed by atoms with Crippen molar-refractivity contribution in [2.24, 2.45) is 0 Å². The summed E-state index contributed by atoms with van der Waals surface area (Å²) in [6.07, 6.45) is 4.52. The minimum Gasteiger partial charge on any atom is -0.507 e. The van der Waals surface area contributed by atoms with Crippen molar-refractivity contribution in [1.82, 2.24) is 5.32 Å². The third-order valence-corrected chi connectivity index (χ3v) is 5.41. The molecule has 0 saturated heterocycles. The number of hydrogen-bond donors (Lipinski definition) is 2. The Morgan fingerprint density at radius 3 is 2.35 bits per heavy atom. The molecule has 1 aliphatic carbocycles. The van der Waals surface area contributed by atoms with Crippen molar-refractivity contribution in [3.8, 4) is 16.9 Å². The zero-order valence-corrected chi connectivity index (χ0v) is 17.0. The number of carbonyl (C=O) groups excluding carboxylic acids is 2. The predicted molar refractivity (Wildman–Crippen MR) is 120 cm³/mol. The van der Waals surface area contributed by atoms with E-state index in [1.165, 1.54) is 28.3 Å². The molecule has 31 heavy (non-hydrogen) atoms. The highest BCUT2D eigenvalue weighted by Crippen LogP contribution is 2.44. The second-order valence-corrected chi connectivity index (χ2v) is 7.38. The summed E-state index contributed by atoms with van der Waals surface area (Å²) < 4.78 is 5.51. The molecule has 0 aliphatic heterocycles. The van der Waals surface area contributed by atoms with Crippen LogP contribution in [0.2, 0.25) is 0 Å². The normalized spacial score (nSPS) is 12.4. The van der Waals surface area contributed by atoms with Gasteiger partial charge in [-0.15, -0.1) is 0 Å². The summed E-state index contributed by atoms with van der Waals surface area (Å²) in [4.78, 5) is 23.0. The molecule has 5 heteroatoms. The van der Waals surface area contributed by atoms with Gasteiger partial charge < -0.3 is 15.2 Å². The van der Waals surface area contributed by atoms with E-state index in [9.17, 15) is 14.7 Å². The summed E-state index contributed by atoms with van der Waals surface area (Å²) in [5.74, 6) is 0.00336. The van der Waals surface area contributed by atoms with Crippen LogP contribution in [0.3, 0.4) is 0 Å². The number of aldehydes is 1. The van der Waals surface area contributed by atoms with Gasteiger partial charge >= 0.3 is 6.09 Å².